The molecule has 3 saturated carbocycles. The van der Waals surface area contributed by atoms with Gasteiger partial charge in [-0.25, -0.2) is 0 Å². The zero-order valence-corrected chi connectivity index (χ0v) is 22.4. The van der Waals surface area contributed by atoms with Crippen molar-refractivity contribution in [1.29, 1.82) is 5.26 Å². The summed E-state index contributed by atoms with van der Waals surface area (Å²) in [6.45, 7) is 2.35. The number of fused-ring (bicyclic) bond motifs is 5. The molecule has 0 spiro atoms. The third-order valence-corrected chi connectivity index (χ3v) is 9.55. The lowest BCUT2D eigenvalue weighted by Crippen LogP contribution is -2.40. The van der Waals surface area contributed by atoms with E-state index >= 15 is 0 Å². The van der Waals surface area contributed by atoms with E-state index in [1.807, 2.05) is 12.1 Å². The molecule has 4 fully saturated rings. The van der Waals surface area contributed by atoms with E-state index in [1.54, 1.807) is 0 Å². The van der Waals surface area contributed by atoms with Crippen LogP contribution in [0.25, 0.3) is 21.5 Å². The maximum Gasteiger partial charge on any atom is 0.100 e. The Kier molecular flexibility index (Phi) is 5.84. The molecular weight excluding hydrogens is 472 g/mol. The second kappa shape index (κ2) is 9.53. The van der Waals surface area contributed by atoms with Gasteiger partial charge in [-0.1, -0.05) is 72.2 Å². The van der Waals surface area contributed by atoms with Crippen LogP contribution in [0, 0.1) is 45.8 Å². The van der Waals surface area contributed by atoms with Crippen LogP contribution in [0.2, 0.25) is 0 Å². The molecule has 2 bridgehead atoms. The quantitative estimate of drug-likeness (QED) is 0.193. The third kappa shape index (κ3) is 4.24. The first-order valence-corrected chi connectivity index (χ1v) is 14.4. The molecule has 1 saturated heterocycles. The van der Waals surface area contributed by atoms with Crippen LogP contribution in [0.3, 0.4) is 0 Å². The van der Waals surface area contributed by atoms with Gasteiger partial charge in [0.15, 0.2) is 0 Å². The number of rotatable bonds is 1. The summed E-state index contributed by atoms with van der Waals surface area (Å²) in [6.07, 6.45) is 9.37. The average Bonchev–Trinajstić information content (AvgIpc) is 3.55. The molecule has 3 aliphatic carbocycles. The molecule has 0 unspecified atom stereocenters. The number of hydrogen-bond donors (Lipinski definition) is 0. The van der Waals surface area contributed by atoms with E-state index in [-0.39, 0.29) is 10.8 Å². The van der Waals surface area contributed by atoms with Gasteiger partial charge in [0.1, 0.15) is 6.07 Å². The molecule has 190 valence electrons. The SMILES string of the molecule is N#Cc1c2ccccc2c(C#CC23CCC(C#Cc4ccc(N5CCCC5)cc4)(CC2)CC3)c2ccccc12. The van der Waals surface area contributed by atoms with Gasteiger partial charge in [-0.2, -0.15) is 5.26 Å². The van der Waals surface area contributed by atoms with E-state index in [9.17, 15) is 5.26 Å². The smallest absolute Gasteiger partial charge is 0.100 e. The largest absolute Gasteiger partial charge is 0.372 e. The van der Waals surface area contributed by atoms with E-state index in [1.165, 1.54) is 31.6 Å². The summed E-state index contributed by atoms with van der Waals surface area (Å²) in [7, 11) is 0. The predicted octanol–water partition coefficient (Wildman–Crippen LogP) is 8.21. The first kappa shape index (κ1) is 23.9. The zero-order valence-electron chi connectivity index (χ0n) is 22.4. The molecular formula is C37H32N2. The fraction of sp³-hybridized carbons (Fsp3) is 0.324. The number of nitriles is 1. The van der Waals surface area contributed by atoms with Crippen molar-refractivity contribution in [2.75, 3.05) is 18.0 Å². The minimum absolute atomic E-state index is 0.0803. The summed E-state index contributed by atoms with van der Waals surface area (Å²) in [4.78, 5) is 2.47. The lowest BCUT2D eigenvalue weighted by Gasteiger charge is -2.48. The van der Waals surface area contributed by atoms with Crippen LogP contribution < -0.4 is 4.90 Å². The van der Waals surface area contributed by atoms with Crippen LogP contribution in [0.1, 0.15) is 68.1 Å². The number of anilines is 1. The number of nitrogens with zero attached hydrogens (tertiary/aromatic N) is 2. The molecule has 4 aliphatic rings. The molecule has 2 heteroatoms. The Balaban J connectivity index is 1.14. The molecule has 0 atom stereocenters. The predicted molar refractivity (Wildman–Crippen MR) is 160 cm³/mol. The van der Waals surface area contributed by atoms with Gasteiger partial charge in [0.25, 0.3) is 0 Å². The van der Waals surface area contributed by atoms with Crippen LogP contribution >= 0.6 is 0 Å². The Bertz CT molecular complexity index is 1660. The summed E-state index contributed by atoms with van der Waals surface area (Å²) in [5, 5.41) is 14.1. The topological polar surface area (TPSA) is 27.0 Å². The van der Waals surface area contributed by atoms with Crippen molar-refractivity contribution in [2.45, 2.75) is 51.4 Å². The third-order valence-electron chi connectivity index (χ3n) is 9.55. The molecule has 0 radical (unpaired) electrons. The Hall–Kier alpha value is -4.19. The Morgan fingerprint density at radius 2 is 1.03 bits per heavy atom. The van der Waals surface area contributed by atoms with E-state index in [4.69, 9.17) is 0 Å². The van der Waals surface area contributed by atoms with Crippen LogP contribution in [-0.2, 0) is 0 Å². The highest BCUT2D eigenvalue weighted by atomic mass is 15.1. The van der Waals surface area contributed by atoms with E-state index in [0.29, 0.717) is 0 Å². The summed E-state index contributed by atoms with van der Waals surface area (Å²) >= 11 is 0. The minimum Gasteiger partial charge on any atom is -0.372 e. The summed E-state index contributed by atoms with van der Waals surface area (Å²) < 4.78 is 0. The summed E-state index contributed by atoms with van der Waals surface area (Å²) in [6, 6.07) is 27.8. The molecule has 0 aromatic heterocycles. The first-order valence-electron chi connectivity index (χ1n) is 14.4. The Labute approximate surface area is 231 Å². The number of benzene rings is 4. The second-order valence-corrected chi connectivity index (χ2v) is 11.8. The Morgan fingerprint density at radius 3 is 1.51 bits per heavy atom. The van der Waals surface area contributed by atoms with Gasteiger partial charge < -0.3 is 4.90 Å². The van der Waals surface area contributed by atoms with Gasteiger partial charge >= 0.3 is 0 Å². The van der Waals surface area contributed by atoms with E-state index < -0.39 is 0 Å². The molecule has 0 N–H and O–H groups in total. The van der Waals surface area contributed by atoms with Crippen LogP contribution in [0.5, 0.6) is 0 Å². The molecule has 4 aromatic carbocycles. The van der Waals surface area contributed by atoms with Crippen molar-refractivity contribution in [3.63, 3.8) is 0 Å². The van der Waals surface area contributed by atoms with Gasteiger partial charge in [-0.3, -0.25) is 0 Å². The monoisotopic (exact) mass is 504 g/mol. The van der Waals surface area contributed by atoms with E-state index in [2.05, 4.69) is 95.3 Å². The summed E-state index contributed by atoms with van der Waals surface area (Å²) in [5.41, 5.74) is 4.50. The molecule has 8 rings (SSSR count). The van der Waals surface area contributed by atoms with Crippen LogP contribution in [-0.4, -0.2) is 13.1 Å². The maximum absolute atomic E-state index is 9.94. The second-order valence-electron chi connectivity index (χ2n) is 11.8. The number of hydrogen-bond acceptors (Lipinski definition) is 2. The molecule has 2 nitrogen and oxygen atoms in total. The molecule has 0 amide bonds. The van der Waals surface area contributed by atoms with Crippen LogP contribution in [0.4, 0.5) is 5.69 Å². The van der Waals surface area contributed by atoms with E-state index in [0.717, 1.165) is 76.8 Å². The normalized spacial score (nSPS) is 23.6. The van der Waals surface area contributed by atoms with Gasteiger partial charge in [-0.15, -0.1) is 0 Å². The molecule has 4 aromatic rings. The highest BCUT2D eigenvalue weighted by Gasteiger charge is 2.47. The zero-order chi connectivity index (χ0) is 26.3. The highest BCUT2D eigenvalue weighted by Crippen LogP contribution is 2.56. The summed E-state index contributed by atoms with van der Waals surface area (Å²) in [5.74, 6) is 14.7. The van der Waals surface area contributed by atoms with Crippen molar-refractivity contribution < 1.29 is 0 Å². The van der Waals surface area contributed by atoms with Crippen molar-refractivity contribution in [3.05, 3.63) is 89.5 Å². The molecule has 1 heterocycles. The average molecular weight is 505 g/mol. The lowest BCUT2D eigenvalue weighted by molar-refractivity contribution is 0.0718. The Morgan fingerprint density at radius 1 is 0.564 bits per heavy atom. The lowest BCUT2D eigenvalue weighted by atomic mass is 9.54. The minimum atomic E-state index is 0.0803. The molecule has 39 heavy (non-hydrogen) atoms. The van der Waals surface area contributed by atoms with Crippen molar-refractivity contribution >= 4 is 27.2 Å². The maximum atomic E-state index is 9.94. The standard InChI is InChI=1S/C37H32N2/c38-27-35-32-9-3-1-7-30(32)34(31-8-2-4-10-33(31)35)16-18-37-22-19-36(20-23-37,21-24-37)17-15-28-11-13-29(14-12-28)39-25-5-6-26-39/h1-4,7-14H,5-6,19-26H2. The van der Waals surface area contributed by atoms with Gasteiger partial charge in [0.05, 0.1) is 5.56 Å². The van der Waals surface area contributed by atoms with Crippen molar-refractivity contribution in [2.24, 2.45) is 10.8 Å². The van der Waals surface area contributed by atoms with Gasteiger partial charge in [-0.05, 0) is 86.4 Å². The molecule has 1 aliphatic heterocycles. The van der Waals surface area contributed by atoms with Gasteiger partial charge in [0, 0.05) is 51.5 Å². The van der Waals surface area contributed by atoms with Gasteiger partial charge in [0.2, 0.25) is 0 Å². The van der Waals surface area contributed by atoms with Crippen LogP contribution in [0.15, 0.2) is 72.8 Å². The highest BCUT2D eigenvalue weighted by molar-refractivity contribution is 6.09. The first-order chi connectivity index (χ1) is 19.2. The fourth-order valence-corrected chi connectivity index (χ4v) is 7.07. The van der Waals surface area contributed by atoms with Crippen molar-refractivity contribution in [1.82, 2.24) is 0 Å². The van der Waals surface area contributed by atoms with Crippen molar-refractivity contribution in [3.8, 4) is 29.8 Å². The fourth-order valence-electron chi connectivity index (χ4n) is 7.07.